The zero-order valence-electron chi connectivity index (χ0n) is 15.7. The van der Waals surface area contributed by atoms with Gasteiger partial charge in [0, 0.05) is 61.5 Å². The van der Waals surface area contributed by atoms with Crippen molar-refractivity contribution < 1.29 is 9.13 Å². The largest absolute Gasteiger partial charge is 0.497 e. The second kappa shape index (κ2) is 6.75. The van der Waals surface area contributed by atoms with Crippen molar-refractivity contribution in [2.45, 2.75) is 50.7 Å². The number of nitrogens with zero attached hydrogens (tertiary/aromatic N) is 4. The molecule has 5 rings (SSSR count). The van der Waals surface area contributed by atoms with Crippen LogP contribution in [0.3, 0.4) is 0 Å². The lowest BCUT2D eigenvalue weighted by Gasteiger charge is -2.36. The van der Waals surface area contributed by atoms with Crippen LogP contribution < -0.4 is 9.64 Å². The molecule has 2 fully saturated rings. The van der Waals surface area contributed by atoms with Gasteiger partial charge in [-0.3, -0.25) is 4.90 Å². The minimum atomic E-state index is -0.194. The van der Waals surface area contributed by atoms with Gasteiger partial charge in [0.15, 0.2) is 0 Å². The second-order valence-corrected chi connectivity index (χ2v) is 7.85. The van der Waals surface area contributed by atoms with Gasteiger partial charge in [-0.2, -0.15) is 0 Å². The van der Waals surface area contributed by atoms with Gasteiger partial charge in [-0.25, -0.2) is 14.4 Å². The Morgan fingerprint density at radius 1 is 1.22 bits per heavy atom. The molecule has 1 aromatic heterocycles. The summed E-state index contributed by atoms with van der Waals surface area (Å²) in [5.74, 6) is 1.26. The van der Waals surface area contributed by atoms with E-state index in [2.05, 4.69) is 14.8 Å². The number of hydrogen-bond donors (Lipinski definition) is 0. The van der Waals surface area contributed by atoms with Crippen molar-refractivity contribution in [1.82, 2.24) is 14.9 Å². The molecule has 0 saturated carbocycles. The van der Waals surface area contributed by atoms with Crippen molar-refractivity contribution in [3.05, 3.63) is 47.0 Å². The van der Waals surface area contributed by atoms with E-state index in [9.17, 15) is 4.39 Å². The van der Waals surface area contributed by atoms with E-state index < -0.39 is 0 Å². The van der Waals surface area contributed by atoms with Gasteiger partial charge >= 0.3 is 0 Å². The third kappa shape index (κ3) is 2.96. The third-order valence-electron chi connectivity index (χ3n) is 6.32. The SMILES string of the molecule is COc1ccc(CN2[C@H]3CC[C@H]2c2cnc(N4CCCC4)nc2C3)c(F)c1. The highest BCUT2D eigenvalue weighted by Gasteiger charge is 2.41. The minimum Gasteiger partial charge on any atom is -0.497 e. The molecule has 0 amide bonds. The first-order valence-corrected chi connectivity index (χ1v) is 9.92. The maximum absolute atomic E-state index is 14.5. The number of aromatic nitrogens is 2. The van der Waals surface area contributed by atoms with Gasteiger partial charge in [-0.1, -0.05) is 6.07 Å². The zero-order chi connectivity index (χ0) is 18.4. The van der Waals surface area contributed by atoms with Crippen LogP contribution in [0, 0.1) is 5.82 Å². The number of ether oxygens (including phenoxy) is 1. The first-order valence-electron chi connectivity index (χ1n) is 9.92. The number of halogens is 1. The van der Waals surface area contributed by atoms with Crippen LogP contribution in [-0.4, -0.2) is 41.1 Å². The predicted molar refractivity (Wildman–Crippen MR) is 101 cm³/mol. The second-order valence-electron chi connectivity index (χ2n) is 7.85. The number of benzene rings is 1. The fourth-order valence-electron chi connectivity index (χ4n) is 4.86. The summed E-state index contributed by atoms with van der Waals surface area (Å²) in [6, 6.07) is 5.89. The van der Waals surface area contributed by atoms with Gasteiger partial charge in [-0.05, 0) is 31.7 Å². The van der Waals surface area contributed by atoms with E-state index in [1.807, 2.05) is 18.3 Å². The molecular formula is C21H25FN4O. The molecule has 27 heavy (non-hydrogen) atoms. The van der Waals surface area contributed by atoms with Gasteiger partial charge in [0.2, 0.25) is 5.95 Å². The predicted octanol–water partition coefficient (Wildman–Crippen LogP) is 3.49. The number of hydrogen-bond acceptors (Lipinski definition) is 5. The quantitative estimate of drug-likeness (QED) is 0.826. The maximum atomic E-state index is 14.5. The molecule has 0 spiro atoms. The van der Waals surface area contributed by atoms with Crippen LogP contribution in [0.15, 0.2) is 24.4 Å². The van der Waals surface area contributed by atoms with Gasteiger partial charge in [-0.15, -0.1) is 0 Å². The Kier molecular flexibility index (Phi) is 4.23. The van der Waals surface area contributed by atoms with Crippen LogP contribution in [0.2, 0.25) is 0 Å². The highest BCUT2D eigenvalue weighted by Crippen LogP contribution is 2.44. The minimum absolute atomic E-state index is 0.194. The molecular weight excluding hydrogens is 343 g/mol. The molecule has 0 unspecified atom stereocenters. The Morgan fingerprint density at radius 3 is 2.85 bits per heavy atom. The molecule has 4 heterocycles. The van der Waals surface area contributed by atoms with E-state index in [-0.39, 0.29) is 5.82 Å². The molecule has 6 heteroatoms. The Labute approximate surface area is 159 Å². The van der Waals surface area contributed by atoms with E-state index in [1.54, 1.807) is 7.11 Å². The summed E-state index contributed by atoms with van der Waals surface area (Å²) in [6.07, 6.45) is 7.66. The topological polar surface area (TPSA) is 41.5 Å². The molecule has 2 atom stereocenters. The summed E-state index contributed by atoms with van der Waals surface area (Å²) in [6.45, 7) is 2.75. The Bertz CT molecular complexity index is 852. The summed E-state index contributed by atoms with van der Waals surface area (Å²) >= 11 is 0. The van der Waals surface area contributed by atoms with Crippen molar-refractivity contribution in [3.63, 3.8) is 0 Å². The smallest absolute Gasteiger partial charge is 0.225 e. The van der Waals surface area contributed by atoms with Gasteiger partial charge in [0.1, 0.15) is 11.6 Å². The van der Waals surface area contributed by atoms with Crippen LogP contribution in [0.4, 0.5) is 10.3 Å². The molecule has 0 N–H and O–H groups in total. The summed E-state index contributed by atoms with van der Waals surface area (Å²) in [5, 5.41) is 0. The van der Waals surface area contributed by atoms with Gasteiger partial charge < -0.3 is 9.64 Å². The first kappa shape index (κ1) is 16.9. The lowest BCUT2D eigenvalue weighted by molar-refractivity contribution is 0.164. The number of methoxy groups -OCH3 is 1. The van der Waals surface area contributed by atoms with E-state index in [1.165, 1.54) is 30.2 Å². The number of rotatable bonds is 4. The molecule has 5 nitrogen and oxygen atoms in total. The Hall–Kier alpha value is -2.21. The molecule has 2 aromatic rings. The average Bonchev–Trinajstić information content (AvgIpc) is 3.31. The fourth-order valence-corrected chi connectivity index (χ4v) is 4.86. The Balaban J connectivity index is 1.40. The first-order chi connectivity index (χ1) is 13.2. The monoisotopic (exact) mass is 368 g/mol. The summed E-state index contributed by atoms with van der Waals surface area (Å²) in [4.78, 5) is 14.3. The van der Waals surface area contributed by atoms with Gasteiger partial charge in [0.25, 0.3) is 0 Å². The van der Waals surface area contributed by atoms with Crippen LogP contribution in [0.1, 0.15) is 48.5 Å². The standard InChI is InChI=1S/C21H25FN4O/c1-27-16-6-4-14(18(22)11-16)13-26-15-5-7-20(26)17-12-23-21(24-19(17)10-15)25-8-2-3-9-25/h4,6,11-12,15,20H,2-3,5,7-10,13H2,1H3/t15-,20-/m0/s1. The molecule has 2 bridgehead atoms. The zero-order valence-corrected chi connectivity index (χ0v) is 15.7. The lowest BCUT2D eigenvalue weighted by atomic mass is 9.98. The molecule has 142 valence electrons. The molecule has 0 radical (unpaired) electrons. The number of fused-ring (bicyclic) bond motifs is 4. The molecule has 3 aliphatic rings. The van der Waals surface area contributed by atoms with Crippen molar-refractivity contribution in [1.29, 1.82) is 0 Å². The van der Waals surface area contributed by atoms with Crippen molar-refractivity contribution in [3.8, 4) is 5.75 Å². The molecule has 0 aliphatic carbocycles. The summed E-state index contributed by atoms with van der Waals surface area (Å²) < 4.78 is 19.6. The molecule has 1 aromatic carbocycles. The Morgan fingerprint density at radius 2 is 2.07 bits per heavy atom. The van der Waals surface area contributed by atoms with Crippen LogP contribution in [-0.2, 0) is 13.0 Å². The van der Waals surface area contributed by atoms with Gasteiger partial charge in [0.05, 0.1) is 12.8 Å². The highest BCUT2D eigenvalue weighted by atomic mass is 19.1. The van der Waals surface area contributed by atoms with Crippen LogP contribution in [0.5, 0.6) is 5.75 Å². The molecule has 3 aliphatic heterocycles. The summed E-state index contributed by atoms with van der Waals surface area (Å²) in [7, 11) is 1.56. The third-order valence-corrected chi connectivity index (χ3v) is 6.32. The van der Waals surface area contributed by atoms with E-state index >= 15 is 0 Å². The van der Waals surface area contributed by atoms with Crippen molar-refractivity contribution in [2.24, 2.45) is 0 Å². The van der Waals surface area contributed by atoms with Crippen molar-refractivity contribution >= 4 is 5.95 Å². The fraction of sp³-hybridized carbons (Fsp3) is 0.524. The number of anilines is 1. The van der Waals surface area contributed by atoms with Crippen molar-refractivity contribution in [2.75, 3.05) is 25.1 Å². The highest BCUT2D eigenvalue weighted by molar-refractivity contribution is 5.38. The average molecular weight is 368 g/mol. The van der Waals surface area contributed by atoms with Crippen LogP contribution >= 0.6 is 0 Å². The van der Waals surface area contributed by atoms with E-state index in [0.717, 1.165) is 43.9 Å². The summed E-state index contributed by atoms with van der Waals surface area (Å²) in [5.41, 5.74) is 3.16. The van der Waals surface area contributed by atoms with Crippen LogP contribution in [0.25, 0.3) is 0 Å². The van der Waals surface area contributed by atoms with E-state index in [4.69, 9.17) is 9.72 Å². The normalized spacial score (nSPS) is 24.3. The lowest BCUT2D eigenvalue weighted by Crippen LogP contribution is -2.38. The van der Waals surface area contributed by atoms with E-state index in [0.29, 0.717) is 24.4 Å². The maximum Gasteiger partial charge on any atom is 0.225 e. The molecule has 2 saturated heterocycles.